The highest BCUT2D eigenvalue weighted by Gasteiger charge is 2.51. The molecule has 4 bridgehead atoms. The van der Waals surface area contributed by atoms with E-state index in [0.29, 0.717) is 16.1 Å². The first kappa shape index (κ1) is 21.8. The van der Waals surface area contributed by atoms with Crippen LogP contribution >= 0.6 is 39.3 Å². The van der Waals surface area contributed by atoms with E-state index in [4.69, 9.17) is 11.6 Å². The van der Waals surface area contributed by atoms with Gasteiger partial charge in [-0.25, -0.2) is 0 Å². The minimum Gasteiger partial charge on any atom is -0.324 e. The lowest BCUT2D eigenvalue weighted by Crippen LogP contribution is -2.47. The largest absolute Gasteiger partial charge is 0.324 e. The summed E-state index contributed by atoms with van der Waals surface area (Å²) in [4.78, 5) is 12.5. The number of hydrogen-bond acceptors (Lipinski definition) is 4. The SMILES string of the molecule is CCn1c(CC23CC4CC(CC(C4)C2)C3)nnc1SCC(=O)Nc1ccc(Br)cc1Cl. The minimum absolute atomic E-state index is 0.0949. The normalized spacial score (nSPS) is 28.8. The number of hydrogen-bond donors (Lipinski definition) is 1. The van der Waals surface area contributed by atoms with E-state index in [1.807, 2.05) is 6.07 Å². The number of amides is 1. The third kappa shape index (κ3) is 4.55. The first-order valence-corrected chi connectivity index (χ1v) is 13.4. The molecule has 0 aliphatic heterocycles. The van der Waals surface area contributed by atoms with Crippen LogP contribution in [0.3, 0.4) is 0 Å². The summed E-state index contributed by atoms with van der Waals surface area (Å²) in [5.74, 6) is 4.10. The van der Waals surface area contributed by atoms with Gasteiger partial charge in [-0.2, -0.15) is 0 Å². The van der Waals surface area contributed by atoms with Crippen molar-refractivity contribution in [2.75, 3.05) is 11.1 Å². The van der Waals surface area contributed by atoms with Crippen molar-refractivity contribution in [2.24, 2.45) is 23.2 Å². The Morgan fingerprint density at radius 3 is 2.52 bits per heavy atom. The monoisotopic (exact) mass is 522 g/mol. The summed E-state index contributed by atoms with van der Waals surface area (Å²) in [6, 6.07) is 5.43. The molecule has 5 nitrogen and oxygen atoms in total. The molecule has 4 aliphatic carbocycles. The Hall–Kier alpha value is -1.05. The number of carbonyl (C=O) groups is 1. The molecule has 1 aromatic carbocycles. The fourth-order valence-electron chi connectivity index (χ4n) is 6.62. The van der Waals surface area contributed by atoms with Crippen molar-refractivity contribution >= 4 is 50.9 Å². The van der Waals surface area contributed by atoms with Gasteiger partial charge in [0.2, 0.25) is 5.91 Å². The topological polar surface area (TPSA) is 59.8 Å². The van der Waals surface area contributed by atoms with Gasteiger partial charge < -0.3 is 9.88 Å². The van der Waals surface area contributed by atoms with Gasteiger partial charge in [0.15, 0.2) is 5.16 Å². The molecule has 0 unspecified atom stereocenters. The van der Waals surface area contributed by atoms with Crippen LogP contribution in [0.4, 0.5) is 5.69 Å². The molecule has 4 fully saturated rings. The molecule has 0 spiro atoms. The van der Waals surface area contributed by atoms with E-state index in [2.05, 4.69) is 42.9 Å². The van der Waals surface area contributed by atoms with Crippen molar-refractivity contribution < 1.29 is 4.79 Å². The van der Waals surface area contributed by atoms with Gasteiger partial charge in [-0.1, -0.05) is 39.3 Å². The van der Waals surface area contributed by atoms with E-state index in [0.717, 1.165) is 46.2 Å². The zero-order valence-electron chi connectivity index (χ0n) is 17.7. The highest BCUT2D eigenvalue weighted by molar-refractivity contribution is 9.10. The van der Waals surface area contributed by atoms with Gasteiger partial charge in [0.25, 0.3) is 0 Å². The van der Waals surface area contributed by atoms with Crippen molar-refractivity contribution in [3.05, 3.63) is 33.5 Å². The highest BCUT2D eigenvalue weighted by Crippen LogP contribution is 2.61. The van der Waals surface area contributed by atoms with E-state index in [-0.39, 0.29) is 11.7 Å². The van der Waals surface area contributed by atoms with Gasteiger partial charge in [0, 0.05) is 17.4 Å². The van der Waals surface area contributed by atoms with Crippen LogP contribution in [0.25, 0.3) is 0 Å². The van der Waals surface area contributed by atoms with E-state index in [9.17, 15) is 4.79 Å². The Balaban J connectivity index is 1.24. The molecule has 1 amide bonds. The maximum absolute atomic E-state index is 12.5. The van der Waals surface area contributed by atoms with Crippen LogP contribution in [0, 0.1) is 23.2 Å². The van der Waals surface area contributed by atoms with Gasteiger partial charge in [0.05, 0.1) is 16.5 Å². The summed E-state index contributed by atoms with van der Waals surface area (Å²) in [5, 5.41) is 13.3. The fourth-order valence-corrected chi connectivity index (χ4v) is 8.17. The molecule has 8 heteroatoms. The average molecular weight is 524 g/mol. The summed E-state index contributed by atoms with van der Waals surface area (Å²) in [6.45, 7) is 2.97. The number of carbonyl (C=O) groups excluding carboxylic acids is 1. The third-order valence-corrected chi connectivity index (χ3v) is 9.12. The molecule has 4 saturated carbocycles. The maximum atomic E-state index is 12.5. The van der Waals surface area contributed by atoms with Gasteiger partial charge in [-0.3, -0.25) is 4.79 Å². The van der Waals surface area contributed by atoms with Crippen LogP contribution in [0.2, 0.25) is 5.02 Å². The first-order chi connectivity index (χ1) is 14.9. The van der Waals surface area contributed by atoms with Crippen LogP contribution in [-0.2, 0) is 17.8 Å². The molecule has 2 aromatic rings. The van der Waals surface area contributed by atoms with Gasteiger partial charge in [-0.15, -0.1) is 10.2 Å². The quantitative estimate of drug-likeness (QED) is 0.439. The number of nitrogens with zero attached hydrogens (tertiary/aromatic N) is 3. The second-order valence-corrected chi connectivity index (χ2v) is 12.0. The van der Waals surface area contributed by atoms with E-state index < -0.39 is 0 Å². The molecule has 1 heterocycles. The van der Waals surface area contributed by atoms with Crippen molar-refractivity contribution in [3.8, 4) is 0 Å². The Morgan fingerprint density at radius 2 is 1.90 bits per heavy atom. The summed E-state index contributed by atoms with van der Waals surface area (Å²) in [7, 11) is 0. The molecule has 31 heavy (non-hydrogen) atoms. The zero-order chi connectivity index (χ0) is 21.6. The molecule has 1 N–H and O–H groups in total. The standard InChI is InChI=1S/C23H28BrClN4OS/c1-2-29-20(12-23-9-14-5-15(10-23)7-16(6-14)11-23)27-28-22(29)31-13-21(30)26-19-4-3-17(24)8-18(19)25/h3-4,8,14-16H,2,5-7,9-13H2,1H3,(H,26,30). The van der Waals surface area contributed by atoms with Crippen LogP contribution < -0.4 is 5.32 Å². The van der Waals surface area contributed by atoms with Gasteiger partial charge in [0.1, 0.15) is 5.82 Å². The van der Waals surface area contributed by atoms with Crippen LogP contribution in [0.5, 0.6) is 0 Å². The lowest BCUT2D eigenvalue weighted by Gasteiger charge is -2.56. The number of benzene rings is 1. The van der Waals surface area contributed by atoms with E-state index >= 15 is 0 Å². The molecule has 1 aromatic heterocycles. The number of rotatable bonds is 7. The summed E-state index contributed by atoms with van der Waals surface area (Å²) >= 11 is 11.0. The molecule has 166 valence electrons. The maximum Gasteiger partial charge on any atom is 0.234 e. The van der Waals surface area contributed by atoms with Crippen molar-refractivity contribution in [1.82, 2.24) is 14.8 Å². The van der Waals surface area contributed by atoms with Crippen LogP contribution in [0.1, 0.15) is 51.3 Å². The molecular formula is C23H28BrClN4OS. The smallest absolute Gasteiger partial charge is 0.234 e. The van der Waals surface area contributed by atoms with Crippen LogP contribution in [0.15, 0.2) is 27.8 Å². The summed E-state index contributed by atoms with van der Waals surface area (Å²) in [6.07, 6.45) is 9.52. The summed E-state index contributed by atoms with van der Waals surface area (Å²) in [5.41, 5.74) is 1.06. The second kappa shape index (κ2) is 8.71. The van der Waals surface area contributed by atoms with Crippen molar-refractivity contribution in [3.63, 3.8) is 0 Å². The van der Waals surface area contributed by atoms with Crippen LogP contribution in [-0.4, -0.2) is 26.4 Å². The fraction of sp³-hybridized carbons (Fsp3) is 0.609. The lowest BCUT2D eigenvalue weighted by molar-refractivity contribution is -0.113. The van der Waals surface area contributed by atoms with Crippen molar-refractivity contribution in [1.29, 1.82) is 0 Å². The van der Waals surface area contributed by atoms with Crippen molar-refractivity contribution in [2.45, 2.75) is 63.6 Å². The number of aromatic nitrogens is 3. The third-order valence-electron chi connectivity index (χ3n) is 7.35. The first-order valence-electron chi connectivity index (χ1n) is 11.2. The molecule has 4 aliphatic rings. The Bertz CT molecular complexity index is 959. The number of halogens is 2. The Morgan fingerprint density at radius 1 is 1.23 bits per heavy atom. The second-order valence-electron chi connectivity index (χ2n) is 9.70. The van der Waals surface area contributed by atoms with E-state index in [1.54, 1.807) is 12.1 Å². The molecular weight excluding hydrogens is 496 g/mol. The number of nitrogens with one attached hydrogen (secondary N) is 1. The van der Waals surface area contributed by atoms with Gasteiger partial charge in [-0.05, 0) is 86.8 Å². The predicted octanol–water partition coefficient (Wildman–Crippen LogP) is 6.20. The van der Waals surface area contributed by atoms with Gasteiger partial charge >= 0.3 is 0 Å². The molecule has 0 radical (unpaired) electrons. The predicted molar refractivity (Wildman–Crippen MR) is 129 cm³/mol. The Kier molecular flexibility index (Phi) is 6.12. The summed E-state index contributed by atoms with van der Waals surface area (Å²) < 4.78 is 3.09. The molecule has 0 saturated heterocycles. The molecule has 0 atom stereocenters. The minimum atomic E-state index is -0.0949. The number of thioether (sulfide) groups is 1. The average Bonchev–Trinajstić information content (AvgIpc) is 3.08. The lowest BCUT2D eigenvalue weighted by atomic mass is 9.49. The Labute approximate surface area is 201 Å². The zero-order valence-corrected chi connectivity index (χ0v) is 20.9. The highest BCUT2D eigenvalue weighted by atomic mass is 79.9. The van der Waals surface area contributed by atoms with E-state index in [1.165, 1.54) is 50.3 Å². The number of anilines is 1. The molecule has 6 rings (SSSR count).